The molecule has 382 valence electrons. The van der Waals surface area contributed by atoms with Gasteiger partial charge in [0.2, 0.25) is 23.6 Å². The van der Waals surface area contributed by atoms with Gasteiger partial charge in [-0.05, 0) is 55.0 Å². The molecule has 2 aromatic carbocycles. The fraction of sp³-hybridized carbons (Fsp3) is 0.654. The van der Waals surface area contributed by atoms with Gasteiger partial charge in [0.25, 0.3) is 0 Å². The number of carbonyl (C=O) groups is 4. The summed E-state index contributed by atoms with van der Waals surface area (Å²) < 4.78 is 29.1. The number of hydrogen-bond donors (Lipinski definition) is 7. The Morgan fingerprint density at radius 3 is 1.93 bits per heavy atom. The number of ether oxygens (including phenoxy) is 1. The first-order chi connectivity index (χ1) is 32.8. The largest absolute Gasteiger partial charge is 0.489 e. The van der Waals surface area contributed by atoms with Crippen LogP contribution in [0.25, 0.3) is 10.9 Å². The second kappa shape index (κ2) is 34.1. The number of H-pyrrole nitrogens is 1. The Balaban J connectivity index is 1.38. The topological polar surface area (TPSA) is 217 Å². The van der Waals surface area contributed by atoms with Crippen LogP contribution in [0.5, 0.6) is 5.75 Å². The summed E-state index contributed by atoms with van der Waals surface area (Å²) in [5, 5.41) is 21.2. The highest BCUT2D eigenvalue weighted by Gasteiger charge is 2.29. The molecule has 0 aliphatic carbocycles. The van der Waals surface area contributed by atoms with Crippen LogP contribution in [0.4, 0.5) is 0 Å². The molecule has 16 heteroatoms. The summed E-state index contributed by atoms with van der Waals surface area (Å²) >= 11 is 0. The SMILES string of the molecule is CCCCCCCCCCCCCCCCCCCC(=O)N[C@@H](COP(=O)(O)OCCNC(=O)[C@@H](NC(=O)Cc1c[nH]c2ccc(OCc3ccccc3)cc12)[C@@H](C)CC)C(=O)NCCC(C)O. The maximum atomic E-state index is 13.3. The number of phosphoric ester groups is 1. The Bertz CT molecular complexity index is 1930. The van der Waals surface area contributed by atoms with Crippen molar-refractivity contribution in [1.29, 1.82) is 0 Å². The minimum absolute atomic E-state index is 0.0100. The molecule has 5 atom stereocenters. The van der Waals surface area contributed by atoms with E-state index < -0.39 is 51.0 Å². The van der Waals surface area contributed by atoms with Crippen LogP contribution in [-0.2, 0) is 45.8 Å². The fourth-order valence-corrected chi connectivity index (χ4v) is 8.61. The van der Waals surface area contributed by atoms with Gasteiger partial charge in [0, 0.05) is 36.6 Å². The third-order valence-corrected chi connectivity index (χ3v) is 13.2. The minimum atomic E-state index is -4.74. The first-order valence-electron chi connectivity index (χ1n) is 25.5. The van der Waals surface area contributed by atoms with Gasteiger partial charge < -0.3 is 41.0 Å². The number of aliphatic hydroxyl groups is 1. The van der Waals surface area contributed by atoms with E-state index in [2.05, 4.69) is 33.2 Å². The number of aromatic amines is 1. The molecule has 0 saturated carbocycles. The summed E-state index contributed by atoms with van der Waals surface area (Å²) in [6.07, 6.45) is 23.0. The molecule has 0 aliphatic rings. The number of phosphoric acid groups is 1. The van der Waals surface area contributed by atoms with E-state index >= 15 is 0 Å². The molecule has 2 unspecified atom stereocenters. The number of benzene rings is 2. The molecule has 0 radical (unpaired) electrons. The van der Waals surface area contributed by atoms with Crippen molar-refractivity contribution in [2.75, 3.05) is 26.3 Å². The number of nitrogens with one attached hydrogen (secondary N) is 5. The van der Waals surface area contributed by atoms with Crippen molar-refractivity contribution in [3.8, 4) is 5.75 Å². The van der Waals surface area contributed by atoms with E-state index in [1.165, 1.54) is 83.5 Å². The molecule has 7 N–H and O–H groups in total. The second-order valence-corrected chi connectivity index (χ2v) is 19.7. The molecular weight excluding hydrogens is 886 g/mol. The van der Waals surface area contributed by atoms with E-state index in [0.717, 1.165) is 41.3 Å². The van der Waals surface area contributed by atoms with Crippen LogP contribution in [-0.4, -0.2) is 83.1 Å². The van der Waals surface area contributed by atoms with Crippen molar-refractivity contribution in [2.24, 2.45) is 5.92 Å². The van der Waals surface area contributed by atoms with Crippen LogP contribution in [0.15, 0.2) is 54.7 Å². The summed E-state index contributed by atoms with van der Waals surface area (Å²) in [6, 6.07) is 13.3. The Morgan fingerprint density at radius 1 is 0.721 bits per heavy atom. The van der Waals surface area contributed by atoms with Crippen LogP contribution in [0.1, 0.15) is 167 Å². The first kappa shape index (κ1) is 58.0. The molecule has 68 heavy (non-hydrogen) atoms. The highest BCUT2D eigenvalue weighted by molar-refractivity contribution is 7.47. The molecule has 1 aromatic heterocycles. The van der Waals surface area contributed by atoms with Crippen LogP contribution < -0.4 is 26.0 Å². The van der Waals surface area contributed by atoms with Gasteiger partial charge in [0.1, 0.15) is 24.4 Å². The number of amides is 4. The third kappa shape index (κ3) is 24.8. The summed E-state index contributed by atoms with van der Waals surface area (Å²) in [4.78, 5) is 66.2. The highest BCUT2D eigenvalue weighted by Crippen LogP contribution is 2.43. The molecular formula is C52H84N5O10P. The van der Waals surface area contributed by atoms with Crippen molar-refractivity contribution in [3.63, 3.8) is 0 Å². The van der Waals surface area contributed by atoms with Gasteiger partial charge in [-0.25, -0.2) is 4.57 Å². The van der Waals surface area contributed by atoms with Crippen LogP contribution >= 0.6 is 7.82 Å². The van der Waals surface area contributed by atoms with Crippen LogP contribution in [0.2, 0.25) is 0 Å². The standard InChI is InChI=1S/C52H84N5O10P/c1-5-7-8-9-10-11-12-13-14-15-16-17-18-19-20-21-25-28-48(59)56-47(51(61)53-32-31-41(4)58)39-67-68(63,64)66-34-33-54-52(62)50(40(3)6-2)57-49(60)35-43-37-55-46-30-29-44(36-45(43)46)65-38-42-26-23-22-24-27-42/h22-24,26-27,29-30,36-37,40-41,47,50,55,58H,5-21,25,28,31-35,38-39H2,1-4H3,(H,53,61)(H,54,62)(H,56,59)(H,57,60)(H,63,64)/t40-,41?,47-,50-/m0/s1. The zero-order chi connectivity index (χ0) is 49.4. The molecule has 15 nitrogen and oxygen atoms in total. The van der Waals surface area contributed by atoms with E-state index in [4.69, 9.17) is 13.8 Å². The van der Waals surface area contributed by atoms with Gasteiger partial charge in [-0.2, -0.15) is 0 Å². The molecule has 0 spiro atoms. The third-order valence-electron chi connectivity index (χ3n) is 12.2. The molecule has 3 rings (SSSR count). The Kier molecular flexibility index (Phi) is 29.1. The lowest BCUT2D eigenvalue weighted by Crippen LogP contribution is -2.51. The van der Waals surface area contributed by atoms with Crippen molar-refractivity contribution < 1.29 is 47.5 Å². The molecule has 0 saturated heterocycles. The van der Waals surface area contributed by atoms with E-state index in [9.17, 15) is 33.7 Å². The van der Waals surface area contributed by atoms with Gasteiger partial charge in [-0.15, -0.1) is 0 Å². The Morgan fingerprint density at radius 2 is 1.32 bits per heavy atom. The number of aliphatic hydroxyl groups excluding tert-OH is 1. The highest BCUT2D eigenvalue weighted by atomic mass is 31.2. The lowest BCUT2D eigenvalue weighted by Gasteiger charge is -2.24. The van der Waals surface area contributed by atoms with Gasteiger partial charge in [0.05, 0.1) is 25.7 Å². The summed E-state index contributed by atoms with van der Waals surface area (Å²) in [5.41, 5.74) is 2.61. The zero-order valence-electron chi connectivity index (χ0n) is 41.5. The minimum Gasteiger partial charge on any atom is -0.489 e. The smallest absolute Gasteiger partial charge is 0.472 e. The number of carbonyl (C=O) groups excluding carboxylic acids is 4. The van der Waals surface area contributed by atoms with E-state index in [-0.39, 0.29) is 50.1 Å². The fourth-order valence-electron chi connectivity index (χ4n) is 7.87. The zero-order valence-corrected chi connectivity index (χ0v) is 42.4. The Labute approximate surface area is 406 Å². The van der Waals surface area contributed by atoms with Gasteiger partial charge in [-0.3, -0.25) is 28.2 Å². The normalized spacial score (nSPS) is 14.1. The lowest BCUT2D eigenvalue weighted by molar-refractivity contribution is -0.130. The number of rotatable bonds is 39. The molecule has 1 heterocycles. The van der Waals surface area contributed by atoms with Crippen LogP contribution in [0.3, 0.4) is 0 Å². The average molecular weight is 970 g/mol. The van der Waals surface area contributed by atoms with E-state index in [0.29, 0.717) is 25.2 Å². The summed E-state index contributed by atoms with van der Waals surface area (Å²) in [6.45, 7) is 6.87. The van der Waals surface area contributed by atoms with Crippen molar-refractivity contribution in [1.82, 2.24) is 26.3 Å². The predicted octanol–water partition coefficient (Wildman–Crippen LogP) is 9.48. The lowest BCUT2D eigenvalue weighted by atomic mass is 9.98. The maximum Gasteiger partial charge on any atom is 0.472 e. The number of fused-ring (bicyclic) bond motifs is 1. The molecule has 3 aromatic rings. The second-order valence-electron chi connectivity index (χ2n) is 18.2. The van der Waals surface area contributed by atoms with Crippen LogP contribution in [0, 0.1) is 5.92 Å². The molecule has 4 amide bonds. The van der Waals surface area contributed by atoms with E-state index in [1.54, 1.807) is 13.1 Å². The molecule has 0 bridgehead atoms. The van der Waals surface area contributed by atoms with E-state index in [1.807, 2.05) is 62.4 Å². The van der Waals surface area contributed by atoms with Crippen molar-refractivity contribution in [3.05, 3.63) is 65.9 Å². The quantitative estimate of drug-likeness (QED) is 0.0212. The maximum absolute atomic E-state index is 13.3. The van der Waals surface area contributed by atoms with Gasteiger partial charge >= 0.3 is 7.82 Å². The average Bonchev–Trinajstić information content (AvgIpc) is 3.72. The predicted molar refractivity (Wildman–Crippen MR) is 269 cm³/mol. The van der Waals surface area contributed by atoms with Gasteiger partial charge in [-0.1, -0.05) is 160 Å². The van der Waals surface area contributed by atoms with Crippen molar-refractivity contribution in [2.45, 2.75) is 187 Å². The number of unbranched alkanes of at least 4 members (excludes halogenated alkanes) is 16. The first-order valence-corrected chi connectivity index (χ1v) is 27.0. The summed E-state index contributed by atoms with van der Waals surface area (Å²) in [7, 11) is -4.74. The summed E-state index contributed by atoms with van der Waals surface area (Å²) in [5.74, 6) is -1.44. The number of hydrogen-bond acceptors (Lipinski definition) is 9. The Hall–Kier alpha value is -4.27. The monoisotopic (exact) mass is 970 g/mol. The molecule has 0 fully saturated rings. The number of aromatic nitrogens is 1. The van der Waals surface area contributed by atoms with Gasteiger partial charge in [0.15, 0.2) is 0 Å². The molecule has 0 aliphatic heterocycles. The van der Waals surface area contributed by atoms with Crippen molar-refractivity contribution >= 4 is 42.4 Å².